The van der Waals surface area contributed by atoms with Crippen LogP contribution in [0.2, 0.25) is 0 Å². The highest BCUT2D eigenvalue weighted by atomic mass is 31.3. The molecule has 0 aromatic carbocycles. The molecule has 0 saturated carbocycles. The summed E-state index contributed by atoms with van der Waals surface area (Å²) in [5, 5.41) is 13.6. The van der Waals surface area contributed by atoms with Gasteiger partial charge >= 0.3 is 29.2 Å². The predicted molar refractivity (Wildman–Crippen MR) is 95.6 cm³/mol. The Hall–Kier alpha value is -1.68. The topological polar surface area (TPSA) is 299 Å². The van der Waals surface area contributed by atoms with Crippen molar-refractivity contribution in [1.29, 1.82) is 0 Å². The second-order valence-electron chi connectivity index (χ2n) is 5.68. The Kier molecular flexibility index (Phi) is 7.79. The van der Waals surface area contributed by atoms with E-state index in [9.17, 15) is 28.5 Å². The van der Waals surface area contributed by atoms with Gasteiger partial charge in [0, 0.05) is 11.1 Å². The van der Waals surface area contributed by atoms with E-state index < -0.39 is 60.2 Å². The lowest BCUT2D eigenvalue weighted by Gasteiger charge is -2.19. The summed E-state index contributed by atoms with van der Waals surface area (Å²) >= 11 is 0. The lowest BCUT2D eigenvalue weighted by Crippen LogP contribution is -2.35. The highest BCUT2D eigenvalue weighted by Gasteiger charge is 2.47. The molecule has 174 valence electrons. The number of phosphoric acid groups is 3. The second kappa shape index (κ2) is 9.44. The number of nitrogens with zero attached hydrogens (tertiary/aromatic N) is 5. The minimum atomic E-state index is -5.74. The van der Waals surface area contributed by atoms with Crippen LogP contribution in [0.4, 0.5) is 5.82 Å². The van der Waals surface area contributed by atoms with Crippen molar-refractivity contribution in [3.63, 3.8) is 0 Å². The van der Waals surface area contributed by atoms with Gasteiger partial charge in [0.25, 0.3) is 0 Å². The average molecular weight is 508 g/mol. The summed E-state index contributed by atoms with van der Waals surface area (Å²) in [5.41, 5.74) is 13.1. The van der Waals surface area contributed by atoms with Crippen LogP contribution in [-0.2, 0) is 31.6 Å². The van der Waals surface area contributed by atoms with E-state index in [4.69, 9.17) is 30.7 Å². The van der Waals surface area contributed by atoms with Gasteiger partial charge in [0.15, 0.2) is 0 Å². The minimum Gasteiger partial charge on any atom is -0.390 e. The number of hydrogen-bond donors (Lipinski definition) is 6. The van der Waals surface area contributed by atoms with E-state index in [2.05, 4.69) is 28.2 Å². The molecule has 1 aliphatic heterocycles. The first kappa shape index (κ1) is 25.6. The van der Waals surface area contributed by atoms with Crippen LogP contribution in [-0.4, -0.2) is 59.1 Å². The standard InChI is InChI=1S/C9H15N6O13P3/c10-5-1-2-15(9(17)12-5)8-6(13-14-11)7(16)4(26-8)3-25-30(21,22)28-31(23,24)27-29(18,19)20/h1-2,4,6-8,16H,3H2,(H,21,22)(H,23,24)(H2,10,12,17)(H2,18,19,20). The van der Waals surface area contributed by atoms with Crippen LogP contribution in [0.5, 0.6) is 0 Å². The van der Waals surface area contributed by atoms with Gasteiger partial charge in [-0.1, -0.05) is 5.11 Å². The summed E-state index contributed by atoms with van der Waals surface area (Å²) in [5.74, 6) is -0.135. The molecule has 1 aliphatic rings. The number of nitrogen functional groups attached to an aromatic ring is 1. The third-order valence-electron chi connectivity index (χ3n) is 3.47. The summed E-state index contributed by atoms with van der Waals surface area (Å²) in [6.07, 6.45) is -3.58. The van der Waals surface area contributed by atoms with E-state index in [1.54, 1.807) is 0 Å². The molecule has 22 heteroatoms. The fraction of sp³-hybridized carbons (Fsp3) is 0.556. The predicted octanol–water partition coefficient (Wildman–Crippen LogP) is -0.894. The van der Waals surface area contributed by atoms with E-state index in [-0.39, 0.29) is 5.82 Å². The maximum Gasteiger partial charge on any atom is 0.490 e. The van der Waals surface area contributed by atoms with Crippen LogP contribution in [0.1, 0.15) is 6.23 Å². The van der Waals surface area contributed by atoms with Gasteiger partial charge in [0.1, 0.15) is 24.2 Å². The summed E-state index contributed by atoms with van der Waals surface area (Å²) in [4.78, 5) is 53.4. The van der Waals surface area contributed by atoms with Gasteiger partial charge in [0.05, 0.1) is 12.7 Å². The number of ether oxygens (including phenoxy) is 1. The van der Waals surface area contributed by atoms with E-state index in [0.29, 0.717) is 0 Å². The number of aliphatic hydroxyl groups is 1. The molecule has 2 heterocycles. The summed E-state index contributed by atoms with van der Waals surface area (Å²) in [7, 11) is -16.8. The van der Waals surface area contributed by atoms with Crippen LogP contribution in [0, 0.1) is 0 Å². The van der Waals surface area contributed by atoms with Crippen LogP contribution in [0.3, 0.4) is 0 Å². The van der Waals surface area contributed by atoms with Crippen molar-refractivity contribution in [1.82, 2.24) is 9.55 Å². The molecule has 0 amide bonds. The normalized spacial score (nSPS) is 27.8. The molecule has 6 atom stereocenters. The Morgan fingerprint density at radius 2 is 1.90 bits per heavy atom. The molecule has 2 rings (SSSR count). The van der Waals surface area contributed by atoms with Crippen LogP contribution in [0.15, 0.2) is 22.2 Å². The second-order valence-corrected chi connectivity index (χ2v) is 10.1. The van der Waals surface area contributed by atoms with E-state index in [1.165, 1.54) is 6.07 Å². The summed E-state index contributed by atoms with van der Waals surface area (Å²) in [6.45, 7) is -1.03. The molecule has 0 radical (unpaired) electrons. The Balaban J connectivity index is 2.15. The van der Waals surface area contributed by atoms with Gasteiger partial charge in [-0.25, -0.2) is 18.5 Å². The van der Waals surface area contributed by atoms with Gasteiger partial charge in [0.2, 0.25) is 0 Å². The zero-order valence-electron chi connectivity index (χ0n) is 14.8. The van der Waals surface area contributed by atoms with E-state index >= 15 is 0 Å². The van der Waals surface area contributed by atoms with Gasteiger partial charge in [-0.2, -0.15) is 13.6 Å². The third-order valence-corrected chi connectivity index (χ3v) is 7.27. The van der Waals surface area contributed by atoms with Crippen molar-refractivity contribution in [3.8, 4) is 0 Å². The van der Waals surface area contributed by atoms with Crippen LogP contribution in [0.25, 0.3) is 10.4 Å². The Labute approximate surface area is 171 Å². The number of rotatable bonds is 9. The quantitative estimate of drug-likeness (QED) is 0.102. The highest BCUT2D eigenvalue weighted by Crippen LogP contribution is 2.66. The maximum atomic E-state index is 12.0. The molecule has 0 spiro atoms. The first-order chi connectivity index (χ1) is 14.1. The molecule has 1 aromatic heterocycles. The maximum absolute atomic E-state index is 12.0. The minimum absolute atomic E-state index is 0.135. The van der Waals surface area contributed by atoms with Crippen LogP contribution < -0.4 is 11.4 Å². The van der Waals surface area contributed by atoms with Gasteiger partial charge in [-0.15, -0.1) is 0 Å². The van der Waals surface area contributed by atoms with Gasteiger partial charge in [-0.3, -0.25) is 9.09 Å². The molecule has 1 fully saturated rings. The molecule has 1 saturated heterocycles. The molecule has 7 N–H and O–H groups in total. The third kappa shape index (κ3) is 7.17. The first-order valence-electron chi connectivity index (χ1n) is 7.65. The molecule has 19 nitrogen and oxygen atoms in total. The van der Waals surface area contributed by atoms with Crippen molar-refractivity contribution in [2.24, 2.45) is 5.11 Å². The number of phosphoric ester groups is 1. The fourth-order valence-corrected chi connectivity index (χ4v) is 5.40. The molecular formula is C9H15N6O13P3. The van der Waals surface area contributed by atoms with Crippen molar-refractivity contribution in [2.45, 2.75) is 24.5 Å². The fourth-order valence-electron chi connectivity index (χ4n) is 2.37. The number of nitrogens with two attached hydrogens (primary N) is 1. The number of aromatic nitrogens is 2. The van der Waals surface area contributed by atoms with Crippen LogP contribution >= 0.6 is 23.5 Å². The number of hydrogen-bond acceptors (Lipinski definition) is 12. The Bertz CT molecular complexity index is 1070. The smallest absolute Gasteiger partial charge is 0.390 e. The zero-order valence-corrected chi connectivity index (χ0v) is 17.5. The molecule has 31 heavy (non-hydrogen) atoms. The zero-order chi connectivity index (χ0) is 23.6. The Morgan fingerprint density at radius 3 is 2.45 bits per heavy atom. The van der Waals surface area contributed by atoms with Gasteiger partial charge in [-0.05, 0) is 11.6 Å². The number of aliphatic hydroxyl groups excluding tert-OH is 1. The van der Waals surface area contributed by atoms with E-state index in [1.807, 2.05) is 0 Å². The molecule has 0 bridgehead atoms. The Morgan fingerprint density at radius 1 is 1.26 bits per heavy atom. The number of anilines is 1. The lowest BCUT2D eigenvalue weighted by molar-refractivity contribution is -0.0455. The van der Waals surface area contributed by atoms with Crippen molar-refractivity contribution < 1.29 is 56.3 Å². The monoisotopic (exact) mass is 508 g/mol. The molecular weight excluding hydrogens is 493 g/mol. The molecule has 0 aliphatic carbocycles. The lowest BCUT2D eigenvalue weighted by atomic mass is 10.1. The average Bonchev–Trinajstić information content (AvgIpc) is 2.86. The summed E-state index contributed by atoms with van der Waals surface area (Å²) in [6, 6.07) is -0.244. The van der Waals surface area contributed by atoms with Gasteiger partial charge < -0.3 is 35.2 Å². The molecule has 6 unspecified atom stereocenters. The summed E-state index contributed by atoms with van der Waals surface area (Å²) < 4.78 is 51.3. The highest BCUT2D eigenvalue weighted by molar-refractivity contribution is 7.66. The van der Waals surface area contributed by atoms with E-state index in [0.717, 1.165) is 10.8 Å². The van der Waals surface area contributed by atoms with Crippen molar-refractivity contribution in [3.05, 3.63) is 33.2 Å². The largest absolute Gasteiger partial charge is 0.490 e. The molecule has 1 aromatic rings. The first-order valence-corrected chi connectivity index (χ1v) is 12.2. The van der Waals surface area contributed by atoms with Crippen molar-refractivity contribution >= 4 is 29.3 Å². The van der Waals surface area contributed by atoms with Crippen molar-refractivity contribution in [2.75, 3.05) is 12.3 Å². The SMILES string of the molecule is [N-]=[N+]=NC1C(O)C(COP(=O)(O)OP(=O)(O)OP(=O)(O)O)OC1n1ccc(N)nc1=O. The number of azide groups is 1.